The van der Waals surface area contributed by atoms with E-state index in [9.17, 15) is 9.90 Å². The van der Waals surface area contributed by atoms with E-state index < -0.39 is 14.2 Å². The smallest absolute Gasteiger partial charge is 0.268 e. The van der Waals surface area contributed by atoms with Crippen molar-refractivity contribution in [2.75, 3.05) is 6.61 Å². The van der Waals surface area contributed by atoms with Gasteiger partial charge in [-0.1, -0.05) is 20.8 Å². The summed E-state index contributed by atoms with van der Waals surface area (Å²) in [5.41, 5.74) is 8.95. The molecule has 0 saturated carbocycles. The van der Waals surface area contributed by atoms with Gasteiger partial charge in [0.15, 0.2) is 8.32 Å². The Kier molecular flexibility index (Phi) is 6.34. The summed E-state index contributed by atoms with van der Waals surface area (Å²) in [6, 6.07) is 5.40. The van der Waals surface area contributed by atoms with Crippen LogP contribution >= 0.6 is 0 Å². The molecule has 0 aliphatic heterocycles. The van der Waals surface area contributed by atoms with Crippen LogP contribution in [0.3, 0.4) is 0 Å². The van der Waals surface area contributed by atoms with Gasteiger partial charge in [-0.05, 0) is 61.7 Å². The summed E-state index contributed by atoms with van der Waals surface area (Å²) in [5.74, 6) is -0.281. The lowest BCUT2D eigenvalue weighted by molar-refractivity contribution is 0.0995. The van der Waals surface area contributed by atoms with E-state index >= 15 is 0 Å². The van der Waals surface area contributed by atoms with Crippen molar-refractivity contribution in [1.29, 1.82) is 0 Å². The number of aryl methyl sites for hydroxylation is 2. The van der Waals surface area contributed by atoms with E-state index in [4.69, 9.17) is 10.2 Å². The lowest BCUT2D eigenvalue weighted by Crippen LogP contribution is -2.42. The summed E-state index contributed by atoms with van der Waals surface area (Å²) < 4.78 is 8.45. The van der Waals surface area contributed by atoms with Crippen LogP contribution in [0.15, 0.2) is 30.7 Å². The van der Waals surface area contributed by atoms with Crippen molar-refractivity contribution in [1.82, 2.24) is 14.5 Å². The number of phenolic OH excluding ortho intramolecular Hbond substituents is 1. The number of hydrogen-bond acceptors (Lipinski definition) is 4. The summed E-state index contributed by atoms with van der Waals surface area (Å²) in [4.78, 5) is 19.1. The molecule has 2 aromatic heterocycles. The first kappa shape index (κ1) is 23.1. The number of rotatable bonds is 8. The van der Waals surface area contributed by atoms with E-state index in [-0.39, 0.29) is 22.5 Å². The molecule has 0 aliphatic carbocycles. The predicted molar refractivity (Wildman–Crippen MR) is 126 cm³/mol. The molecule has 0 unspecified atom stereocenters. The van der Waals surface area contributed by atoms with Gasteiger partial charge in [0.1, 0.15) is 11.4 Å². The Morgan fingerprint density at radius 2 is 2.06 bits per heavy atom. The summed E-state index contributed by atoms with van der Waals surface area (Å²) >= 11 is 0. The molecule has 0 radical (unpaired) electrons. The van der Waals surface area contributed by atoms with Crippen LogP contribution in [0.5, 0.6) is 5.75 Å². The zero-order chi connectivity index (χ0) is 23.0. The lowest BCUT2D eigenvalue weighted by Gasteiger charge is -2.37. The van der Waals surface area contributed by atoms with Crippen LogP contribution in [0, 0.1) is 6.92 Å². The van der Waals surface area contributed by atoms with E-state index in [1.165, 1.54) is 5.56 Å². The maximum atomic E-state index is 11.5. The van der Waals surface area contributed by atoms with Crippen LogP contribution in [-0.4, -0.2) is 40.5 Å². The Balaban J connectivity index is 1.85. The third-order valence-corrected chi connectivity index (χ3v) is 11.0. The van der Waals surface area contributed by atoms with Gasteiger partial charge in [-0.3, -0.25) is 4.79 Å². The minimum Gasteiger partial charge on any atom is -0.508 e. The van der Waals surface area contributed by atoms with E-state index in [1.54, 1.807) is 24.7 Å². The number of aromatic nitrogens is 3. The van der Waals surface area contributed by atoms with E-state index in [2.05, 4.69) is 50.8 Å². The molecule has 3 rings (SSSR count). The molecule has 3 aromatic rings. The number of hydrogen-bond donors (Lipinski definition) is 3. The minimum atomic E-state index is -1.94. The van der Waals surface area contributed by atoms with Crippen molar-refractivity contribution >= 4 is 25.1 Å². The molecular weight excluding hydrogens is 408 g/mol. The molecule has 168 valence electrons. The van der Waals surface area contributed by atoms with Crippen molar-refractivity contribution < 1.29 is 14.3 Å². The molecule has 7 nitrogen and oxygen atoms in total. The molecule has 1 atom stereocenters. The lowest BCUT2D eigenvalue weighted by atomic mass is 10.0. The fraction of sp³-hybridized carbons (Fsp3) is 0.478. The third-order valence-electron chi connectivity index (χ3n) is 6.55. The number of amides is 1. The largest absolute Gasteiger partial charge is 0.508 e. The monoisotopic (exact) mass is 442 g/mol. The molecule has 0 spiro atoms. The molecule has 2 heterocycles. The molecule has 0 bridgehead atoms. The highest BCUT2D eigenvalue weighted by Crippen LogP contribution is 2.37. The van der Waals surface area contributed by atoms with Gasteiger partial charge in [-0.2, -0.15) is 0 Å². The first-order valence-electron chi connectivity index (χ1n) is 10.7. The molecule has 0 saturated heterocycles. The number of aromatic amines is 1. The Bertz CT molecular complexity index is 1080. The molecule has 31 heavy (non-hydrogen) atoms. The van der Waals surface area contributed by atoms with Gasteiger partial charge in [-0.25, -0.2) is 4.98 Å². The maximum absolute atomic E-state index is 11.5. The highest BCUT2D eigenvalue weighted by molar-refractivity contribution is 6.74. The molecule has 0 fully saturated rings. The SMILES string of the molecule is Cc1[nH]c2ccc(O)cc2c1CC[C@H](CO[Si](C)(C)C(C)(C)C)n1cnc(C(N)=O)c1. The van der Waals surface area contributed by atoms with Gasteiger partial charge in [0.2, 0.25) is 0 Å². The van der Waals surface area contributed by atoms with Crippen LogP contribution in [0.1, 0.15) is 55.0 Å². The molecule has 1 aromatic carbocycles. The van der Waals surface area contributed by atoms with Gasteiger partial charge in [0.25, 0.3) is 5.91 Å². The maximum Gasteiger partial charge on any atom is 0.268 e. The molecule has 0 aliphatic rings. The zero-order valence-electron chi connectivity index (χ0n) is 19.3. The first-order valence-corrected chi connectivity index (χ1v) is 13.6. The first-order chi connectivity index (χ1) is 14.4. The number of imidazole rings is 1. The number of carbonyl (C=O) groups excluding carboxylic acids is 1. The van der Waals surface area contributed by atoms with Gasteiger partial charge in [0.05, 0.1) is 19.0 Å². The van der Waals surface area contributed by atoms with E-state index in [0.29, 0.717) is 6.61 Å². The number of carbonyl (C=O) groups is 1. The highest BCUT2D eigenvalue weighted by atomic mass is 28.4. The number of H-pyrrole nitrogens is 1. The second kappa shape index (κ2) is 8.51. The summed E-state index contributed by atoms with van der Waals surface area (Å²) in [6.45, 7) is 13.7. The number of nitrogens with two attached hydrogens (primary N) is 1. The number of phenols is 1. The highest BCUT2D eigenvalue weighted by Gasteiger charge is 2.37. The number of benzene rings is 1. The van der Waals surface area contributed by atoms with Crippen LogP contribution < -0.4 is 5.73 Å². The van der Waals surface area contributed by atoms with Crippen molar-refractivity contribution in [3.8, 4) is 5.75 Å². The second-order valence-electron chi connectivity index (χ2n) is 9.79. The topological polar surface area (TPSA) is 106 Å². The summed E-state index contributed by atoms with van der Waals surface area (Å²) in [6.07, 6.45) is 4.96. The second-order valence-corrected chi connectivity index (χ2v) is 14.6. The number of nitrogens with one attached hydrogen (secondary N) is 1. The Morgan fingerprint density at radius 1 is 1.35 bits per heavy atom. The van der Waals surface area contributed by atoms with Crippen LogP contribution in [-0.2, 0) is 10.8 Å². The van der Waals surface area contributed by atoms with Gasteiger partial charge in [0, 0.05) is 22.8 Å². The quantitative estimate of drug-likeness (QED) is 0.441. The van der Waals surface area contributed by atoms with Crippen LogP contribution in [0.2, 0.25) is 18.1 Å². The van der Waals surface area contributed by atoms with Gasteiger partial charge in [-0.15, -0.1) is 0 Å². The van der Waals surface area contributed by atoms with Crippen molar-refractivity contribution in [3.63, 3.8) is 0 Å². The van der Waals surface area contributed by atoms with Crippen molar-refractivity contribution in [2.45, 2.75) is 64.7 Å². The third kappa shape index (κ3) is 5.02. The van der Waals surface area contributed by atoms with Gasteiger partial charge >= 0.3 is 0 Å². The summed E-state index contributed by atoms with van der Waals surface area (Å²) in [5, 5.41) is 11.1. The predicted octanol–water partition coefficient (Wildman–Crippen LogP) is 4.67. The van der Waals surface area contributed by atoms with E-state index in [0.717, 1.165) is 29.4 Å². The number of fused-ring (bicyclic) bond motifs is 1. The number of aromatic hydroxyl groups is 1. The average molecular weight is 443 g/mol. The Morgan fingerprint density at radius 3 is 2.68 bits per heavy atom. The molecule has 8 heteroatoms. The molecular formula is C23H34N4O3Si. The van der Waals surface area contributed by atoms with E-state index in [1.807, 2.05) is 10.6 Å². The fourth-order valence-electron chi connectivity index (χ4n) is 3.51. The van der Waals surface area contributed by atoms with Crippen molar-refractivity contribution in [2.24, 2.45) is 5.73 Å². The van der Waals surface area contributed by atoms with Crippen molar-refractivity contribution in [3.05, 3.63) is 47.7 Å². The molecule has 1 amide bonds. The van der Waals surface area contributed by atoms with Crippen LogP contribution in [0.25, 0.3) is 10.9 Å². The Labute approximate surface area is 184 Å². The van der Waals surface area contributed by atoms with Crippen LogP contribution in [0.4, 0.5) is 0 Å². The Hall–Kier alpha value is -2.58. The normalized spacial score (nSPS) is 13.6. The van der Waals surface area contributed by atoms with Gasteiger partial charge < -0.3 is 24.8 Å². The number of primary amides is 1. The zero-order valence-corrected chi connectivity index (χ0v) is 20.3. The summed E-state index contributed by atoms with van der Waals surface area (Å²) in [7, 11) is -1.94. The minimum absolute atomic E-state index is 0.0105. The fourth-order valence-corrected chi connectivity index (χ4v) is 4.55. The number of nitrogens with zero attached hydrogens (tertiary/aromatic N) is 2. The standard InChI is InChI=1S/C23H34N4O3Si/c1-15-18(19-11-17(28)8-10-20(19)26-15)9-7-16(13-30-31(5,6)23(2,3)4)27-12-21(22(24)29)25-14-27/h8,10-12,14,16,26,28H,7,9,13H2,1-6H3,(H2,24,29)/t16-/m1/s1. The molecule has 4 N–H and O–H groups in total. The average Bonchev–Trinajstić information content (AvgIpc) is 3.26.